The van der Waals surface area contributed by atoms with Crippen LogP contribution in [0.2, 0.25) is 0 Å². The van der Waals surface area contributed by atoms with Crippen molar-refractivity contribution in [2.45, 2.75) is 59.7 Å². The average molecular weight is 208 g/mol. The van der Waals surface area contributed by atoms with Crippen LogP contribution >= 0.6 is 0 Å². The summed E-state index contributed by atoms with van der Waals surface area (Å²) < 4.78 is 11.5. The summed E-state index contributed by atoms with van der Waals surface area (Å²) in [6.45, 7) is 14.4. The van der Waals surface area contributed by atoms with Gasteiger partial charge < -0.3 is 9.31 Å². The molecule has 0 radical (unpaired) electrons. The average Bonchev–Trinajstić information content (AvgIpc) is 2.16. The van der Waals surface area contributed by atoms with E-state index in [1.807, 2.05) is 27.7 Å². The molecule has 84 valence electrons. The number of rotatable bonds is 0. The van der Waals surface area contributed by atoms with Gasteiger partial charge >= 0.3 is 7.12 Å². The third kappa shape index (κ3) is 3.00. The minimum Gasteiger partial charge on any atom is -0.392 e. The molecule has 0 saturated carbocycles. The van der Waals surface area contributed by atoms with E-state index in [4.69, 9.17) is 9.31 Å². The second kappa shape index (κ2) is 3.54. The molecule has 1 heterocycles. The van der Waals surface area contributed by atoms with Crippen LogP contribution in [-0.4, -0.2) is 18.3 Å². The lowest BCUT2D eigenvalue weighted by atomic mass is 9.87. The van der Waals surface area contributed by atoms with Gasteiger partial charge in [0.15, 0.2) is 0 Å². The molecule has 0 aromatic carbocycles. The summed E-state index contributed by atoms with van der Waals surface area (Å²) in [7, 11) is -0.394. The van der Waals surface area contributed by atoms with E-state index in [9.17, 15) is 0 Å². The largest absolute Gasteiger partial charge is 0.551 e. The Labute approximate surface area is 93.9 Å². The minimum absolute atomic E-state index is 0.0103. The van der Waals surface area contributed by atoms with E-state index in [-0.39, 0.29) is 16.6 Å². The van der Waals surface area contributed by atoms with Crippen molar-refractivity contribution in [1.82, 2.24) is 0 Å². The zero-order valence-corrected chi connectivity index (χ0v) is 10.9. The second-order valence-corrected chi connectivity index (χ2v) is 6.11. The standard InChI is InChI=1S/C12H21BO2/c1-10(2,3)8-9-13-14-11(4,5)12(6,7)15-13/h1-7H3. The number of hydrogen-bond acceptors (Lipinski definition) is 2. The summed E-state index contributed by atoms with van der Waals surface area (Å²) in [5.74, 6) is 6.18. The van der Waals surface area contributed by atoms with Crippen molar-refractivity contribution in [3.8, 4) is 11.7 Å². The van der Waals surface area contributed by atoms with Crippen LogP contribution in [-0.2, 0) is 9.31 Å². The van der Waals surface area contributed by atoms with Crippen LogP contribution in [0.4, 0.5) is 0 Å². The van der Waals surface area contributed by atoms with Crippen molar-refractivity contribution in [3.63, 3.8) is 0 Å². The molecule has 0 atom stereocenters. The normalized spacial score (nSPS) is 23.5. The molecule has 1 rings (SSSR count). The van der Waals surface area contributed by atoms with E-state index in [1.165, 1.54) is 0 Å². The lowest BCUT2D eigenvalue weighted by Crippen LogP contribution is -2.41. The molecule has 1 aliphatic heterocycles. The fourth-order valence-electron chi connectivity index (χ4n) is 1.18. The summed E-state index contributed by atoms with van der Waals surface area (Å²) in [5, 5.41) is 0. The van der Waals surface area contributed by atoms with Crippen LogP contribution in [0.15, 0.2) is 0 Å². The van der Waals surface area contributed by atoms with Crippen molar-refractivity contribution >= 4 is 7.12 Å². The molecule has 0 amide bonds. The summed E-state index contributed by atoms with van der Waals surface area (Å²) in [5.41, 5.74) is -0.585. The van der Waals surface area contributed by atoms with Crippen molar-refractivity contribution in [1.29, 1.82) is 0 Å². The summed E-state index contributed by atoms with van der Waals surface area (Å²) in [4.78, 5) is 0. The maximum Gasteiger partial charge on any atom is 0.551 e. The van der Waals surface area contributed by atoms with Gasteiger partial charge in [-0.3, -0.25) is 0 Å². The maximum atomic E-state index is 5.76. The Balaban J connectivity index is 2.75. The smallest absolute Gasteiger partial charge is 0.392 e. The van der Waals surface area contributed by atoms with Crippen LogP contribution in [0.5, 0.6) is 0 Å². The molecule has 0 spiro atoms. The van der Waals surface area contributed by atoms with Crippen molar-refractivity contribution in [2.24, 2.45) is 5.41 Å². The molecule has 0 N–H and O–H groups in total. The molecule has 0 unspecified atom stereocenters. The van der Waals surface area contributed by atoms with Crippen LogP contribution in [0.25, 0.3) is 0 Å². The van der Waals surface area contributed by atoms with E-state index in [1.54, 1.807) is 0 Å². The van der Waals surface area contributed by atoms with Gasteiger partial charge in [0.2, 0.25) is 0 Å². The monoisotopic (exact) mass is 208 g/mol. The molecule has 0 aromatic heterocycles. The van der Waals surface area contributed by atoms with Gasteiger partial charge in [-0.2, -0.15) is 0 Å². The highest BCUT2D eigenvalue weighted by Gasteiger charge is 2.50. The quantitative estimate of drug-likeness (QED) is 0.450. The summed E-state index contributed by atoms with van der Waals surface area (Å²) >= 11 is 0. The molecule has 0 bridgehead atoms. The highest BCUT2D eigenvalue weighted by molar-refractivity contribution is 6.55. The van der Waals surface area contributed by atoms with E-state index in [0.29, 0.717) is 0 Å². The van der Waals surface area contributed by atoms with Gasteiger partial charge in [-0.15, -0.1) is 5.92 Å². The van der Waals surface area contributed by atoms with E-state index >= 15 is 0 Å². The summed E-state index contributed by atoms with van der Waals surface area (Å²) in [6, 6.07) is 0. The molecule has 15 heavy (non-hydrogen) atoms. The Hall–Kier alpha value is -0.455. The SMILES string of the molecule is CC(C)(C)C#CB1OC(C)(C)C(C)(C)O1. The first-order chi connectivity index (χ1) is 6.54. The molecular weight excluding hydrogens is 187 g/mol. The first-order valence-electron chi connectivity index (χ1n) is 5.42. The Morgan fingerprint density at radius 2 is 1.33 bits per heavy atom. The lowest BCUT2D eigenvalue weighted by molar-refractivity contribution is 0.00578. The lowest BCUT2D eigenvalue weighted by Gasteiger charge is -2.32. The maximum absolute atomic E-state index is 5.76. The van der Waals surface area contributed by atoms with E-state index in [0.717, 1.165) is 0 Å². The molecule has 1 saturated heterocycles. The zero-order chi connectivity index (χ0) is 11.9. The molecule has 3 heteroatoms. The van der Waals surface area contributed by atoms with Gasteiger partial charge in [-0.1, -0.05) is 5.82 Å². The predicted molar refractivity (Wildman–Crippen MR) is 63.3 cm³/mol. The van der Waals surface area contributed by atoms with Crippen LogP contribution in [0.1, 0.15) is 48.5 Å². The van der Waals surface area contributed by atoms with E-state index in [2.05, 4.69) is 32.5 Å². The van der Waals surface area contributed by atoms with Gasteiger partial charge in [-0.05, 0) is 48.5 Å². The van der Waals surface area contributed by atoms with Crippen LogP contribution in [0, 0.1) is 17.2 Å². The van der Waals surface area contributed by atoms with Crippen LogP contribution in [0.3, 0.4) is 0 Å². The van der Waals surface area contributed by atoms with Gasteiger partial charge in [0, 0.05) is 5.41 Å². The van der Waals surface area contributed by atoms with Crippen molar-refractivity contribution < 1.29 is 9.31 Å². The van der Waals surface area contributed by atoms with Crippen LogP contribution < -0.4 is 0 Å². The fourth-order valence-corrected chi connectivity index (χ4v) is 1.18. The third-order valence-electron chi connectivity index (χ3n) is 2.82. The Kier molecular flexibility index (Phi) is 2.98. The second-order valence-electron chi connectivity index (χ2n) is 6.11. The van der Waals surface area contributed by atoms with Gasteiger partial charge in [0.1, 0.15) is 0 Å². The molecule has 0 aliphatic carbocycles. The Morgan fingerprint density at radius 1 is 0.933 bits per heavy atom. The molecule has 1 aliphatic rings. The molecule has 2 nitrogen and oxygen atoms in total. The molecule has 1 fully saturated rings. The third-order valence-corrected chi connectivity index (χ3v) is 2.82. The topological polar surface area (TPSA) is 18.5 Å². The first kappa shape index (κ1) is 12.6. The van der Waals surface area contributed by atoms with Gasteiger partial charge in [0.05, 0.1) is 11.2 Å². The number of hydrogen-bond donors (Lipinski definition) is 0. The molecular formula is C12H21BO2. The highest BCUT2D eigenvalue weighted by Crippen LogP contribution is 2.36. The van der Waals surface area contributed by atoms with Crippen molar-refractivity contribution in [2.75, 3.05) is 0 Å². The Bertz CT molecular complexity index is 286. The molecule has 0 aromatic rings. The highest BCUT2D eigenvalue weighted by atomic mass is 16.7. The Morgan fingerprint density at radius 3 is 1.67 bits per heavy atom. The van der Waals surface area contributed by atoms with Gasteiger partial charge in [-0.25, -0.2) is 0 Å². The minimum atomic E-state index is -0.394. The fraction of sp³-hybridized carbons (Fsp3) is 0.833. The predicted octanol–water partition coefficient (Wildman–Crippen LogP) is 2.67. The summed E-state index contributed by atoms with van der Waals surface area (Å²) in [6.07, 6.45) is 0. The van der Waals surface area contributed by atoms with Crippen molar-refractivity contribution in [3.05, 3.63) is 0 Å². The van der Waals surface area contributed by atoms with Gasteiger partial charge in [0.25, 0.3) is 0 Å². The van der Waals surface area contributed by atoms with E-state index < -0.39 is 7.12 Å². The zero-order valence-electron chi connectivity index (χ0n) is 10.9. The first-order valence-corrected chi connectivity index (χ1v) is 5.42.